The maximum absolute atomic E-state index is 14.6. The number of para-hydroxylation sites is 2. The molecule has 4 heterocycles. The van der Waals surface area contributed by atoms with Crippen molar-refractivity contribution in [2.75, 3.05) is 9.80 Å². The normalized spacial score (nSPS) is 15.3. The van der Waals surface area contributed by atoms with Crippen LogP contribution in [0.4, 0.5) is 22.7 Å². The number of anilines is 4. The van der Waals surface area contributed by atoms with E-state index in [1.165, 1.54) is 0 Å². The van der Waals surface area contributed by atoms with Gasteiger partial charge in [0.2, 0.25) is 5.91 Å². The van der Waals surface area contributed by atoms with Crippen molar-refractivity contribution < 1.29 is 19.1 Å². The van der Waals surface area contributed by atoms with Gasteiger partial charge < -0.3 is 9.47 Å². The zero-order chi connectivity index (χ0) is 37.6. The van der Waals surface area contributed by atoms with Gasteiger partial charge in [-0.25, -0.2) is 0 Å². The first kappa shape index (κ1) is 35.0. The summed E-state index contributed by atoms with van der Waals surface area (Å²) in [5, 5.41) is 1.84. The summed E-state index contributed by atoms with van der Waals surface area (Å²) in [6.45, 7) is 12.6. The van der Waals surface area contributed by atoms with Gasteiger partial charge in [-0.05, 0) is 132 Å². The van der Waals surface area contributed by atoms with E-state index in [1.807, 2.05) is 97.1 Å². The van der Waals surface area contributed by atoms with Crippen LogP contribution < -0.4 is 19.3 Å². The fourth-order valence-corrected chi connectivity index (χ4v) is 7.39. The minimum atomic E-state index is -0.302. The molecule has 0 aliphatic carbocycles. The molecular formula is C46H44N4O4. The monoisotopic (exact) mass is 716 g/mol. The van der Waals surface area contributed by atoms with Gasteiger partial charge in [0.25, 0.3) is 5.91 Å². The predicted octanol–water partition coefficient (Wildman–Crippen LogP) is 10.4. The largest absolute Gasteiger partial charge is 0.488 e. The van der Waals surface area contributed by atoms with Crippen molar-refractivity contribution in [2.24, 2.45) is 0 Å². The third kappa shape index (κ3) is 7.04. The summed E-state index contributed by atoms with van der Waals surface area (Å²) in [5.41, 5.74) is 6.25. The lowest BCUT2D eigenvalue weighted by Crippen LogP contribution is -2.33. The summed E-state index contributed by atoms with van der Waals surface area (Å²) in [6.07, 6.45) is 7.05. The number of aromatic nitrogens is 2. The first-order chi connectivity index (χ1) is 25.9. The fraction of sp³-hybridized carbons (Fsp3) is 0.261. The van der Waals surface area contributed by atoms with Gasteiger partial charge >= 0.3 is 0 Å². The molecule has 8 rings (SSSR count). The van der Waals surface area contributed by atoms with E-state index in [4.69, 9.17) is 9.47 Å². The van der Waals surface area contributed by atoms with Crippen molar-refractivity contribution in [3.8, 4) is 11.5 Å². The molecule has 2 amide bonds. The SMILES string of the molecule is C=C(CCC(=O)N(c1ccc2c(c1)CCC(C)(C)O2)c1cnc2ccccc2c1)C(=O)N(c1ccc2c(c1)CCC(C)(C)O2)c1cnc2ccccc2c1. The molecule has 2 aliphatic rings. The summed E-state index contributed by atoms with van der Waals surface area (Å²) in [4.78, 5) is 41.7. The number of benzene rings is 4. The van der Waals surface area contributed by atoms with Gasteiger partial charge in [0, 0.05) is 34.1 Å². The molecule has 0 saturated carbocycles. The van der Waals surface area contributed by atoms with E-state index in [0.29, 0.717) is 22.6 Å². The molecule has 0 bridgehead atoms. The van der Waals surface area contributed by atoms with Gasteiger partial charge in [0.1, 0.15) is 22.7 Å². The fourth-order valence-electron chi connectivity index (χ4n) is 7.39. The molecule has 4 aromatic carbocycles. The van der Waals surface area contributed by atoms with Crippen LogP contribution in [0.3, 0.4) is 0 Å². The Labute approximate surface area is 316 Å². The van der Waals surface area contributed by atoms with Crippen LogP contribution in [-0.4, -0.2) is 33.0 Å². The highest BCUT2D eigenvalue weighted by Crippen LogP contribution is 2.40. The molecule has 0 fully saturated rings. The molecule has 0 N–H and O–H groups in total. The average Bonchev–Trinajstić information content (AvgIpc) is 3.16. The molecule has 8 heteroatoms. The smallest absolute Gasteiger partial charge is 0.258 e. The molecule has 8 nitrogen and oxygen atoms in total. The Bertz CT molecular complexity index is 2450. The Morgan fingerprint density at radius 1 is 0.630 bits per heavy atom. The second-order valence-corrected chi connectivity index (χ2v) is 15.6. The number of ether oxygens (including phenoxy) is 2. The number of hydrogen-bond acceptors (Lipinski definition) is 6. The Kier molecular flexibility index (Phi) is 8.92. The Morgan fingerprint density at radius 2 is 1.11 bits per heavy atom. The molecule has 54 heavy (non-hydrogen) atoms. The maximum Gasteiger partial charge on any atom is 0.258 e. The number of hydrogen-bond donors (Lipinski definition) is 0. The molecule has 272 valence electrons. The van der Waals surface area contributed by atoms with E-state index in [9.17, 15) is 9.59 Å². The van der Waals surface area contributed by atoms with Gasteiger partial charge in [0.05, 0.1) is 34.8 Å². The predicted molar refractivity (Wildman–Crippen MR) is 215 cm³/mol. The summed E-state index contributed by atoms with van der Waals surface area (Å²) >= 11 is 0. The molecule has 0 atom stereocenters. The van der Waals surface area contributed by atoms with Gasteiger partial charge in [0.15, 0.2) is 0 Å². The maximum atomic E-state index is 14.6. The average molecular weight is 717 g/mol. The van der Waals surface area contributed by atoms with Crippen LogP contribution in [0.25, 0.3) is 21.8 Å². The van der Waals surface area contributed by atoms with Crippen molar-refractivity contribution >= 4 is 56.4 Å². The topological polar surface area (TPSA) is 84.9 Å². The highest BCUT2D eigenvalue weighted by molar-refractivity contribution is 6.11. The first-order valence-corrected chi connectivity index (χ1v) is 18.6. The van der Waals surface area contributed by atoms with Gasteiger partial charge in [-0.2, -0.15) is 0 Å². The number of aryl methyl sites for hydroxylation is 2. The quantitative estimate of drug-likeness (QED) is 0.146. The molecule has 2 aliphatic heterocycles. The summed E-state index contributed by atoms with van der Waals surface area (Å²) in [6, 6.07) is 31.4. The molecule has 0 radical (unpaired) electrons. The van der Waals surface area contributed by atoms with Crippen molar-refractivity contribution in [3.63, 3.8) is 0 Å². The van der Waals surface area contributed by atoms with Crippen LogP contribution in [0.2, 0.25) is 0 Å². The van der Waals surface area contributed by atoms with E-state index < -0.39 is 0 Å². The molecular weight excluding hydrogens is 673 g/mol. The standard InChI is InChI=1S/C46H44N4O4/c1-30(44(52)50(38-25-32-11-7-9-13-40(32)48-29-38)36-16-18-42-34(27-36)21-23-46(4,5)54-42)14-19-43(51)49(37-24-31-10-6-8-12-39(31)47-28-37)35-15-17-41-33(26-35)20-22-45(2,3)53-41/h6-13,15-18,24-29H,1,14,19-23H2,2-5H3. The van der Waals surface area contributed by atoms with E-state index in [2.05, 4.69) is 44.2 Å². The Morgan fingerprint density at radius 3 is 1.65 bits per heavy atom. The Hall–Kier alpha value is -6.02. The minimum absolute atomic E-state index is 0.0505. The molecule has 2 aromatic heterocycles. The number of pyridine rings is 2. The summed E-state index contributed by atoms with van der Waals surface area (Å²) in [5.74, 6) is 1.18. The van der Waals surface area contributed by atoms with Crippen LogP contribution >= 0.6 is 0 Å². The highest BCUT2D eigenvalue weighted by atomic mass is 16.5. The van der Waals surface area contributed by atoms with Crippen LogP contribution in [0.5, 0.6) is 11.5 Å². The number of amides is 2. The lowest BCUT2D eigenvalue weighted by atomic mass is 9.94. The summed E-state index contributed by atoms with van der Waals surface area (Å²) in [7, 11) is 0. The van der Waals surface area contributed by atoms with E-state index in [1.54, 1.807) is 22.2 Å². The second-order valence-electron chi connectivity index (χ2n) is 15.6. The van der Waals surface area contributed by atoms with Crippen molar-refractivity contribution in [2.45, 2.75) is 77.4 Å². The van der Waals surface area contributed by atoms with Crippen LogP contribution in [0, 0.1) is 0 Å². The first-order valence-electron chi connectivity index (χ1n) is 18.6. The highest BCUT2D eigenvalue weighted by Gasteiger charge is 2.31. The number of carbonyl (C=O) groups is 2. The molecule has 0 saturated heterocycles. The number of nitrogens with zero attached hydrogens (tertiary/aromatic N) is 4. The summed E-state index contributed by atoms with van der Waals surface area (Å²) < 4.78 is 12.5. The van der Waals surface area contributed by atoms with Crippen molar-refractivity contribution in [1.29, 1.82) is 0 Å². The van der Waals surface area contributed by atoms with E-state index in [-0.39, 0.29) is 35.9 Å². The number of carbonyl (C=O) groups excluding carboxylic acids is 2. The van der Waals surface area contributed by atoms with E-state index in [0.717, 1.165) is 75.8 Å². The third-order valence-corrected chi connectivity index (χ3v) is 10.4. The van der Waals surface area contributed by atoms with Crippen LogP contribution in [0.1, 0.15) is 64.5 Å². The van der Waals surface area contributed by atoms with Gasteiger partial charge in [-0.1, -0.05) is 43.0 Å². The zero-order valence-electron chi connectivity index (χ0n) is 31.3. The van der Waals surface area contributed by atoms with Crippen molar-refractivity contribution in [3.05, 3.63) is 133 Å². The number of rotatable bonds is 8. The van der Waals surface area contributed by atoms with Gasteiger partial charge in [-0.15, -0.1) is 0 Å². The third-order valence-electron chi connectivity index (χ3n) is 10.4. The Balaban J connectivity index is 1.10. The molecule has 6 aromatic rings. The van der Waals surface area contributed by atoms with Crippen LogP contribution in [0.15, 0.2) is 122 Å². The van der Waals surface area contributed by atoms with E-state index >= 15 is 0 Å². The minimum Gasteiger partial charge on any atom is -0.488 e. The lowest BCUT2D eigenvalue weighted by Gasteiger charge is -2.33. The second kappa shape index (κ2) is 13.8. The van der Waals surface area contributed by atoms with Crippen molar-refractivity contribution in [1.82, 2.24) is 9.97 Å². The zero-order valence-corrected chi connectivity index (χ0v) is 31.3. The lowest BCUT2D eigenvalue weighted by molar-refractivity contribution is -0.118. The van der Waals surface area contributed by atoms with Crippen LogP contribution in [-0.2, 0) is 22.4 Å². The molecule has 0 spiro atoms. The molecule has 0 unspecified atom stereocenters. The van der Waals surface area contributed by atoms with Gasteiger partial charge in [-0.3, -0.25) is 29.4 Å². The number of fused-ring (bicyclic) bond motifs is 4.